The van der Waals surface area contributed by atoms with Gasteiger partial charge in [-0.15, -0.1) is 0 Å². The predicted octanol–water partition coefficient (Wildman–Crippen LogP) is 1.05. The van der Waals surface area contributed by atoms with Crippen LogP contribution in [0.4, 0.5) is 19.0 Å². The first kappa shape index (κ1) is 20.7. The quantitative estimate of drug-likeness (QED) is 0.585. The lowest BCUT2D eigenvalue weighted by molar-refractivity contribution is -0.141. The molecule has 1 aliphatic heterocycles. The number of carboxylic acid groups (broad SMARTS) is 1. The lowest BCUT2D eigenvalue weighted by atomic mass is 9.99. The van der Waals surface area contributed by atoms with Crippen molar-refractivity contribution in [3.63, 3.8) is 0 Å². The number of nitrogens with one attached hydrogen (secondary N) is 1. The third kappa shape index (κ3) is 4.05. The molecule has 3 aromatic rings. The van der Waals surface area contributed by atoms with Gasteiger partial charge in [0.2, 0.25) is 16.5 Å². The van der Waals surface area contributed by atoms with Crippen LogP contribution in [0.1, 0.15) is 10.4 Å². The Balaban J connectivity index is 1.63. The summed E-state index contributed by atoms with van der Waals surface area (Å²) in [6, 6.07) is 2.91. The molecule has 0 unspecified atom stereocenters. The maximum absolute atomic E-state index is 12.5. The van der Waals surface area contributed by atoms with Crippen LogP contribution in [0.2, 0.25) is 0 Å². The second-order valence-electron chi connectivity index (χ2n) is 6.75. The SMILES string of the molecule is O=C(O)c1cn(-c2ncns2)c2nc(N3CC(C(=O)NCC(F)(F)F)C3)ccc2c1=O. The lowest BCUT2D eigenvalue weighted by Crippen LogP contribution is -2.55. The van der Waals surface area contributed by atoms with Crippen molar-refractivity contribution in [2.45, 2.75) is 6.18 Å². The summed E-state index contributed by atoms with van der Waals surface area (Å²) < 4.78 is 42.0. The van der Waals surface area contributed by atoms with E-state index in [1.165, 1.54) is 23.0 Å². The Morgan fingerprint density at radius 2 is 2.03 bits per heavy atom. The van der Waals surface area contributed by atoms with Crippen LogP contribution >= 0.6 is 11.5 Å². The molecule has 4 heterocycles. The third-order valence-electron chi connectivity index (χ3n) is 4.66. The van der Waals surface area contributed by atoms with Gasteiger partial charge in [0, 0.05) is 30.8 Å². The van der Waals surface area contributed by atoms with Gasteiger partial charge in [-0.05, 0) is 12.1 Å². The first-order valence-electron chi connectivity index (χ1n) is 8.80. The minimum absolute atomic E-state index is 0.0545. The van der Waals surface area contributed by atoms with Gasteiger partial charge in [-0.2, -0.15) is 17.5 Å². The van der Waals surface area contributed by atoms with Crippen molar-refractivity contribution in [1.29, 1.82) is 0 Å². The van der Waals surface area contributed by atoms with E-state index in [0.717, 1.165) is 17.7 Å². The molecule has 3 aromatic heterocycles. The van der Waals surface area contributed by atoms with E-state index >= 15 is 0 Å². The van der Waals surface area contributed by atoms with Gasteiger partial charge in [0.1, 0.15) is 24.3 Å². The van der Waals surface area contributed by atoms with Crippen molar-refractivity contribution in [3.8, 4) is 5.13 Å². The molecular formula is C17H13F3N6O4S. The van der Waals surface area contributed by atoms with Crippen molar-refractivity contribution in [1.82, 2.24) is 24.2 Å². The zero-order chi connectivity index (χ0) is 22.3. The maximum Gasteiger partial charge on any atom is 0.405 e. The van der Waals surface area contributed by atoms with Crippen molar-refractivity contribution < 1.29 is 27.9 Å². The highest BCUT2D eigenvalue weighted by atomic mass is 32.1. The summed E-state index contributed by atoms with van der Waals surface area (Å²) in [5.41, 5.74) is -1.02. The largest absolute Gasteiger partial charge is 0.477 e. The summed E-state index contributed by atoms with van der Waals surface area (Å²) in [6.07, 6.45) is -2.09. The number of alkyl halides is 3. The Bertz CT molecular complexity index is 1220. The smallest absolute Gasteiger partial charge is 0.405 e. The Hall–Kier alpha value is -3.55. The molecule has 162 valence electrons. The zero-order valence-corrected chi connectivity index (χ0v) is 16.3. The van der Waals surface area contributed by atoms with Gasteiger partial charge in [0.25, 0.3) is 0 Å². The second-order valence-corrected chi connectivity index (χ2v) is 7.50. The molecule has 0 aliphatic carbocycles. The van der Waals surface area contributed by atoms with Gasteiger partial charge < -0.3 is 15.3 Å². The number of carbonyl (C=O) groups excluding carboxylic acids is 1. The van der Waals surface area contributed by atoms with Crippen LogP contribution < -0.4 is 15.6 Å². The number of aromatic carboxylic acids is 1. The van der Waals surface area contributed by atoms with E-state index in [2.05, 4.69) is 14.3 Å². The van der Waals surface area contributed by atoms with Crippen LogP contribution in [-0.2, 0) is 4.79 Å². The van der Waals surface area contributed by atoms with Crippen LogP contribution in [-0.4, -0.2) is 61.7 Å². The molecule has 1 fully saturated rings. The number of halogens is 3. The average Bonchev–Trinajstić information content (AvgIpc) is 3.19. The number of anilines is 1. The van der Waals surface area contributed by atoms with Crippen molar-refractivity contribution in [3.05, 3.63) is 40.4 Å². The van der Waals surface area contributed by atoms with E-state index in [0.29, 0.717) is 10.9 Å². The molecule has 31 heavy (non-hydrogen) atoms. The first-order chi connectivity index (χ1) is 14.6. The topological polar surface area (TPSA) is 130 Å². The number of amides is 1. The number of carbonyl (C=O) groups is 2. The van der Waals surface area contributed by atoms with Crippen molar-refractivity contribution >= 4 is 40.3 Å². The Labute approximate surface area is 175 Å². The van der Waals surface area contributed by atoms with Crippen molar-refractivity contribution in [2.75, 3.05) is 24.5 Å². The monoisotopic (exact) mass is 454 g/mol. The molecule has 0 atom stereocenters. The summed E-state index contributed by atoms with van der Waals surface area (Å²) >= 11 is 0.971. The molecule has 1 amide bonds. The molecule has 1 aliphatic rings. The number of fused-ring (bicyclic) bond motifs is 1. The highest BCUT2D eigenvalue weighted by molar-refractivity contribution is 7.08. The van der Waals surface area contributed by atoms with Gasteiger partial charge in [-0.1, -0.05) is 0 Å². The van der Waals surface area contributed by atoms with Gasteiger partial charge in [0.15, 0.2) is 5.65 Å². The van der Waals surface area contributed by atoms with E-state index in [1.807, 2.05) is 5.32 Å². The molecule has 0 bridgehead atoms. The van der Waals surface area contributed by atoms with Crippen LogP contribution in [0.3, 0.4) is 0 Å². The Kier molecular flexibility index (Phi) is 5.08. The third-order valence-corrected chi connectivity index (χ3v) is 5.33. The highest BCUT2D eigenvalue weighted by Gasteiger charge is 2.36. The minimum atomic E-state index is -4.48. The van der Waals surface area contributed by atoms with Gasteiger partial charge in [-0.25, -0.2) is 14.8 Å². The summed E-state index contributed by atoms with van der Waals surface area (Å²) in [4.78, 5) is 45.9. The summed E-state index contributed by atoms with van der Waals surface area (Å²) in [5, 5.41) is 11.5. The highest BCUT2D eigenvalue weighted by Crippen LogP contribution is 2.26. The van der Waals surface area contributed by atoms with E-state index in [1.54, 1.807) is 4.90 Å². The Morgan fingerprint density at radius 1 is 1.29 bits per heavy atom. The molecule has 0 radical (unpaired) electrons. The molecule has 14 heteroatoms. The van der Waals surface area contributed by atoms with E-state index in [4.69, 9.17) is 0 Å². The summed E-state index contributed by atoms with van der Waals surface area (Å²) in [5.74, 6) is -2.34. The number of rotatable bonds is 5. The fourth-order valence-corrected chi connectivity index (χ4v) is 3.61. The standard InChI is InChI=1S/C17H13F3N6O4S/c18-17(19,20)6-21-14(28)8-3-25(4-8)11-2-1-9-12(27)10(15(29)30)5-26(13(9)24-11)16-22-7-23-31-16/h1-2,5,7-8H,3-4,6H2,(H,21,28)(H,29,30). The molecule has 0 spiro atoms. The number of pyridine rings is 2. The van der Waals surface area contributed by atoms with Gasteiger partial charge >= 0.3 is 12.1 Å². The number of nitrogens with zero attached hydrogens (tertiary/aromatic N) is 5. The Morgan fingerprint density at radius 3 is 2.65 bits per heavy atom. The first-order valence-corrected chi connectivity index (χ1v) is 9.57. The predicted molar refractivity (Wildman–Crippen MR) is 103 cm³/mol. The van der Waals surface area contributed by atoms with Gasteiger partial charge in [0.05, 0.1) is 11.3 Å². The number of carboxylic acids is 1. The zero-order valence-electron chi connectivity index (χ0n) is 15.5. The van der Waals surface area contributed by atoms with Crippen LogP contribution in [0.15, 0.2) is 29.5 Å². The average molecular weight is 454 g/mol. The van der Waals surface area contributed by atoms with E-state index in [-0.39, 0.29) is 24.1 Å². The molecule has 2 N–H and O–H groups in total. The molecule has 0 saturated carbocycles. The molecule has 10 nitrogen and oxygen atoms in total. The second kappa shape index (κ2) is 7.61. The van der Waals surface area contributed by atoms with Crippen LogP contribution in [0.25, 0.3) is 16.2 Å². The van der Waals surface area contributed by atoms with E-state index in [9.17, 15) is 32.7 Å². The summed E-state index contributed by atoms with van der Waals surface area (Å²) in [7, 11) is 0. The number of aromatic nitrogens is 4. The van der Waals surface area contributed by atoms with E-state index < -0.39 is 41.5 Å². The number of hydrogen-bond acceptors (Lipinski definition) is 8. The molecule has 4 rings (SSSR count). The molecular weight excluding hydrogens is 441 g/mol. The molecule has 0 aromatic carbocycles. The fourth-order valence-electron chi connectivity index (χ4n) is 3.10. The normalized spacial score (nSPS) is 14.5. The fraction of sp³-hybridized carbons (Fsp3) is 0.294. The summed E-state index contributed by atoms with van der Waals surface area (Å²) in [6.45, 7) is -1.09. The van der Waals surface area contributed by atoms with Gasteiger partial charge in [-0.3, -0.25) is 14.2 Å². The number of hydrogen-bond donors (Lipinski definition) is 2. The van der Waals surface area contributed by atoms with Crippen LogP contribution in [0, 0.1) is 5.92 Å². The molecule has 1 saturated heterocycles. The maximum atomic E-state index is 12.5. The minimum Gasteiger partial charge on any atom is -0.477 e. The van der Waals surface area contributed by atoms with Crippen LogP contribution in [0.5, 0.6) is 0 Å². The van der Waals surface area contributed by atoms with Crippen molar-refractivity contribution in [2.24, 2.45) is 5.92 Å². The lowest BCUT2D eigenvalue weighted by Gasteiger charge is -2.39.